The van der Waals surface area contributed by atoms with Crippen LogP contribution in [0.15, 0.2) is 24.3 Å². The fourth-order valence-electron chi connectivity index (χ4n) is 2.75. The third kappa shape index (κ3) is 3.97. The van der Waals surface area contributed by atoms with Crippen molar-refractivity contribution >= 4 is 18.3 Å². The molecule has 1 aliphatic rings. The van der Waals surface area contributed by atoms with E-state index in [0.717, 1.165) is 31.7 Å². The number of carbonyl (C=O) groups excluding carboxylic acids is 1. The zero-order chi connectivity index (χ0) is 13.7. The molecule has 4 heteroatoms. The molecule has 112 valence electrons. The van der Waals surface area contributed by atoms with Gasteiger partial charge in [0.05, 0.1) is 0 Å². The maximum absolute atomic E-state index is 12.2. The van der Waals surface area contributed by atoms with E-state index < -0.39 is 0 Å². The Morgan fingerprint density at radius 2 is 1.70 bits per heavy atom. The first-order valence-electron chi connectivity index (χ1n) is 7.36. The molecule has 0 aromatic heterocycles. The molecule has 0 spiro atoms. The number of nitrogens with zero attached hydrogens (tertiary/aromatic N) is 1. The van der Waals surface area contributed by atoms with Crippen LogP contribution in [0.1, 0.15) is 48.5 Å². The lowest BCUT2D eigenvalue weighted by molar-refractivity contribution is 0.0773. The lowest BCUT2D eigenvalue weighted by Crippen LogP contribution is -2.30. The van der Waals surface area contributed by atoms with Crippen LogP contribution >= 0.6 is 12.4 Å². The fraction of sp³-hybridized carbons (Fsp3) is 0.562. The van der Waals surface area contributed by atoms with Gasteiger partial charge in [-0.15, -0.1) is 12.4 Å². The van der Waals surface area contributed by atoms with Crippen LogP contribution in [0.25, 0.3) is 0 Å². The molecular formula is C16H25ClN2O. The maximum Gasteiger partial charge on any atom is 0.253 e. The lowest BCUT2D eigenvalue weighted by Gasteiger charge is -2.23. The quantitative estimate of drug-likeness (QED) is 0.926. The number of amides is 1. The van der Waals surface area contributed by atoms with Crippen molar-refractivity contribution < 1.29 is 4.79 Å². The summed E-state index contributed by atoms with van der Waals surface area (Å²) in [5, 5.41) is 3.38. The van der Waals surface area contributed by atoms with Crippen molar-refractivity contribution in [2.75, 3.05) is 26.2 Å². The predicted molar refractivity (Wildman–Crippen MR) is 85.8 cm³/mol. The van der Waals surface area contributed by atoms with Crippen LogP contribution in [0.5, 0.6) is 0 Å². The van der Waals surface area contributed by atoms with Gasteiger partial charge in [-0.3, -0.25) is 4.79 Å². The predicted octanol–water partition coefficient (Wildman–Crippen LogP) is 3.06. The fourth-order valence-corrected chi connectivity index (χ4v) is 2.75. The van der Waals surface area contributed by atoms with E-state index in [9.17, 15) is 4.79 Å². The number of carbonyl (C=O) groups is 1. The van der Waals surface area contributed by atoms with Gasteiger partial charge in [-0.25, -0.2) is 0 Å². The molecule has 1 N–H and O–H groups in total. The molecule has 2 rings (SSSR count). The van der Waals surface area contributed by atoms with E-state index in [1.807, 2.05) is 30.9 Å². The summed E-state index contributed by atoms with van der Waals surface area (Å²) < 4.78 is 0. The van der Waals surface area contributed by atoms with Crippen molar-refractivity contribution in [1.82, 2.24) is 10.2 Å². The van der Waals surface area contributed by atoms with Crippen molar-refractivity contribution in [3.63, 3.8) is 0 Å². The van der Waals surface area contributed by atoms with Crippen LogP contribution in [0.4, 0.5) is 0 Å². The summed E-state index contributed by atoms with van der Waals surface area (Å²) in [6.45, 7) is 7.78. The molecule has 0 bridgehead atoms. The first-order valence-corrected chi connectivity index (χ1v) is 7.36. The average Bonchev–Trinajstić information content (AvgIpc) is 2.49. The van der Waals surface area contributed by atoms with Crippen LogP contribution in [-0.2, 0) is 0 Å². The van der Waals surface area contributed by atoms with Gasteiger partial charge < -0.3 is 10.2 Å². The molecule has 0 atom stereocenters. The summed E-state index contributed by atoms with van der Waals surface area (Å²) in [4.78, 5) is 14.1. The summed E-state index contributed by atoms with van der Waals surface area (Å²) in [6, 6.07) is 8.23. The second kappa shape index (κ2) is 8.28. The molecule has 1 aromatic rings. The van der Waals surface area contributed by atoms with Gasteiger partial charge in [-0.2, -0.15) is 0 Å². The Kier molecular flexibility index (Phi) is 7.03. The highest BCUT2D eigenvalue weighted by atomic mass is 35.5. The normalized spacial score (nSPS) is 15.5. The zero-order valence-electron chi connectivity index (χ0n) is 12.4. The molecule has 0 aliphatic carbocycles. The average molecular weight is 297 g/mol. The van der Waals surface area contributed by atoms with Crippen LogP contribution < -0.4 is 5.32 Å². The molecule has 1 aromatic carbocycles. The van der Waals surface area contributed by atoms with Gasteiger partial charge in [0.1, 0.15) is 0 Å². The standard InChI is InChI=1S/C16H24N2O.ClH/c1-3-18(4-2)16(19)15-7-5-13(6-8-15)14-9-11-17-12-10-14;/h5-8,14,17H,3-4,9-12H2,1-2H3;1H. The smallest absolute Gasteiger partial charge is 0.253 e. The number of halogens is 1. The van der Waals surface area contributed by atoms with Crippen molar-refractivity contribution in [1.29, 1.82) is 0 Å². The minimum absolute atomic E-state index is 0. The third-order valence-electron chi connectivity index (χ3n) is 4.02. The molecule has 1 fully saturated rings. The molecule has 0 radical (unpaired) electrons. The van der Waals surface area contributed by atoms with E-state index in [-0.39, 0.29) is 18.3 Å². The molecule has 1 heterocycles. The molecule has 1 saturated heterocycles. The summed E-state index contributed by atoms with van der Waals surface area (Å²) >= 11 is 0. The van der Waals surface area contributed by atoms with Crippen LogP contribution in [-0.4, -0.2) is 37.0 Å². The Labute approximate surface area is 128 Å². The first-order chi connectivity index (χ1) is 9.26. The van der Waals surface area contributed by atoms with Crippen molar-refractivity contribution in [2.45, 2.75) is 32.6 Å². The number of rotatable bonds is 4. The summed E-state index contributed by atoms with van der Waals surface area (Å²) in [7, 11) is 0. The van der Waals surface area contributed by atoms with Crippen molar-refractivity contribution in [3.8, 4) is 0 Å². The number of piperidine rings is 1. The van der Waals surface area contributed by atoms with Gasteiger partial charge >= 0.3 is 0 Å². The highest BCUT2D eigenvalue weighted by Crippen LogP contribution is 2.25. The maximum atomic E-state index is 12.2. The minimum atomic E-state index is 0. The molecule has 1 aliphatic heterocycles. The number of nitrogens with one attached hydrogen (secondary N) is 1. The van der Waals surface area contributed by atoms with Gasteiger partial charge in [0, 0.05) is 18.7 Å². The Morgan fingerprint density at radius 3 is 2.20 bits per heavy atom. The van der Waals surface area contributed by atoms with E-state index in [0.29, 0.717) is 5.92 Å². The molecule has 0 unspecified atom stereocenters. The van der Waals surface area contributed by atoms with E-state index >= 15 is 0 Å². The van der Waals surface area contributed by atoms with E-state index in [4.69, 9.17) is 0 Å². The third-order valence-corrected chi connectivity index (χ3v) is 4.02. The molecule has 1 amide bonds. The molecule has 3 nitrogen and oxygen atoms in total. The zero-order valence-corrected chi connectivity index (χ0v) is 13.2. The Balaban J connectivity index is 0.00000200. The number of hydrogen-bond acceptors (Lipinski definition) is 2. The second-order valence-electron chi connectivity index (χ2n) is 5.12. The van der Waals surface area contributed by atoms with Gasteiger partial charge in [-0.05, 0) is 63.4 Å². The van der Waals surface area contributed by atoms with Gasteiger partial charge in [0.15, 0.2) is 0 Å². The topological polar surface area (TPSA) is 32.3 Å². The minimum Gasteiger partial charge on any atom is -0.339 e. The van der Waals surface area contributed by atoms with Gasteiger partial charge in [0.25, 0.3) is 5.91 Å². The van der Waals surface area contributed by atoms with E-state index in [2.05, 4.69) is 17.4 Å². The van der Waals surface area contributed by atoms with Crippen LogP contribution in [0.2, 0.25) is 0 Å². The van der Waals surface area contributed by atoms with Crippen LogP contribution in [0, 0.1) is 0 Å². The number of hydrogen-bond donors (Lipinski definition) is 1. The first kappa shape index (κ1) is 17.0. The van der Waals surface area contributed by atoms with E-state index in [1.54, 1.807) is 0 Å². The molecular weight excluding hydrogens is 272 g/mol. The monoisotopic (exact) mass is 296 g/mol. The highest BCUT2D eigenvalue weighted by molar-refractivity contribution is 5.94. The Hall–Kier alpha value is -1.06. The van der Waals surface area contributed by atoms with Crippen LogP contribution in [0.3, 0.4) is 0 Å². The van der Waals surface area contributed by atoms with E-state index in [1.165, 1.54) is 18.4 Å². The Morgan fingerprint density at radius 1 is 1.15 bits per heavy atom. The van der Waals surface area contributed by atoms with Gasteiger partial charge in [-0.1, -0.05) is 12.1 Å². The second-order valence-corrected chi connectivity index (χ2v) is 5.12. The highest BCUT2D eigenvalue weighted by Gasteiger charge is 2.16. The summed E-state index contributed by atoms with van der Waals surface area (Å²) in [5.41, 5.74) is 2.18. The molecule has 0 saturated carbocycles. The lowest BCUT2D eigenvalue weighted by atomic mass is 9.90. The SMILES string of the molecule is CCN(CC)C(=O)c1ccc(C2CCNCC2)cc1.Cl. The summed E-state index contributed by atoms with van der Waals surface area (Å²) in [5.74, 6) is 0.792. The number of benzene rings is 1. The van der Waals surface area contributed by atoms with Gasteiger partial charge in [0.2, 0.25) is 0 Å². The van der Waals surface area contributed by atoms with Crippen molar-refractivity contribution in [3.05, 3.63) is 35.4 Å². The molecule has 20 heavy (non-hydrogen) atoms. The van der Waals surface area contributed by atoms with Crippen molar-refractivity contribution in [2.24, 2.45) is 0 Å². The summed E-state index contributed by atoms with van der Waals surface area (Å²) in [6.07, 6.45) is 2.40. The Bertz CT molecular complexity index is 409. The largest absolute Gasteiger partial charge is 0.339 e.